The average Bonchev–Trinajstić information content (AvgIpc) is 2.62. The van der Waals surface area contributed by atoms with Crippen molar-refractivity contribution in [2.45, 2.75) is 40.2 Å². The topological polar surface area (TPSA) is 75.7 Å². The zero-order valence-corrected chi connectivity index (χ0v) is 17.8. The molecule has 1 amide bonds. The molecule has 0 unspecified atom stereocenters. The van der Waals surface area contributed by atoms with Crippen molar-refractivity contribution in [3.8, 4) is 5.75 Å². The van der Waals surface area contributed by atoms with Gasteiger partial charge in [0.25, 0.3) is 0 Å². The number of ether oxygens (including phenoxy) is 1. The monoisotopic (exact) mass is 404 g/mol. The fourth-order valence-corrected chi connectivity index (χ4v) is 4.21. The number of amides is 1. The molecule has 2 aromatic rings. The van der Waals surface area contributed by atoms with Gasteiger partial charge in [0, 0.05) is 5.69 Å². The highest BCUT2D eigenvalue weighted by Crippen LogP contribution is 2.26. The molecule has 0 bridgehead atoms. The second-order valence-electron chi connectivity index (χ2n) is 6.72. The van der Waals surface area contributed by atoms with E-state index in [2.05, 4.69) is 5.32 Å². The molecule has 0 fully saturated rings. The van der Waals surface area contributed by atoms with Crippen LogP contribution in [0.4, 0.5) is 11.4 Å². The number of nitrogens with one attached hydrogen (secondary N) is 1. The molecule has 0 aromatic heterocycles. The van der Waals surface area contributed by atoms with Crippen molar-refractivity contribution in [2.24, 2.45) is 0 Å². The Bertz CT molecular complexity index is 924. The van der Waals surface area contributed by atoms with Gasteiger partial charge in [0.05, 0.1) is 18.6 Å². The van der Waals surface area contributed by atoms with Gasteiger partial charge in [-0.2, -0.15) is 0 Å². The molecule has 0 radical (unpaired) electrons. The van der Waals surface area contributed by atoms with Gasteiger partial charge in [-0.1, -0.05) is 19.1 Å². The van der Waals surface area contributed by atoms with Gasteiger partial charge in [-0.3, -0.25) is 9.10 Å². The third kappa shape index (κ3) is 5.25. The summed E-state index contributed by atoms with van der Waals surface area (Å²) < 4.78 is 31.7. The van der Waals surface area contributed by atoms with Gasteiger partial charge < -0.3 is 10.1 Å². The van der Waals surface area contributed by atoms with Crippen LogP contribution >= 0.6 is 0 Å². The number of anilines is 2. The summed E-state index contributed by atoms with van der Waals surface area (Å²) >= 11 is 0. The molecule has 1 atom stereocenters. The van der Waals surface area contributed by atoms with E-state index >= 15 is 0 Å². The normalized spacial score (nSPS) is 12.3. The molecular formula is C21H28N2O4S. The maximum Gasteiger partial charge on any atom is 0.248 e. The maximum absolute atomic E-state index is 13.0. The van der Waals surface area contributed by atoms with E-state index in [1.807, 2.05) is 39.0 Å². The van der Waals surface area contributed by atoms with E-state index in [-0.39, 0.29) is 5.91 Å². The van der Waals surface area contributed by atoms with Gasteiger partial charge in [0.2, 0.25) is 15.9 Å². The molecule has 0 aliphatic heterocycles. The van der Waals surface area contributed by atoms with Crippen molar-refractivity contribution in [3.63, 3.8) is 0 Å². The first-order valence-electron chi connectivity index (χ1n) is 9.27. The Hall–Kier alpha value is -2.54. The Morgan fingerprint density at radius 2 is 1.75 bits per heavy atom. The lowest BCUT2D eigenvalue weighted by Crippen LogP contribution is -2.47. The molecule has 1 N–H and O–H groups in total. The SMILES string of the molecule is CCOc1ccc(N([C@H](CC)C(=O)Nc2cc(C)ccc2C)S(C)(=O)=O)cc1. The second kappa shape index (κ2) is 9.10. The number of carbonyl (C=O) groups is 1. The van der Waals surface area contributed by atoms with E-state index in [1.54, 1.807) is 31.2 Å². The molecule has 2 rings (SSSR count). The Kier molecular flexibility index (Phi) is 7.07. The molecule has 0 saturated carbocycles. The van der Waals surface area contributed by atoms with Crippen molar-refractivity contribution < 1.29 is 17.9 Å². The van der Waals surface area contributed by atoms with E-state index < -0.39 is 16.1 Å². The first-order chi connectivity index (χ1) is 13.2. The molecule has 0 aliphatic rings. The number of sulfonamides is 1. The minimum Gasteiger partial charge on any atom is -0.494 e. The van der Waals surface area contributed by atoms with Crippen molar-refractivity contribution in [1.82, 2.24) is 0 Å². The summed E-state index contributed by atoms with van der Waals surface area (Å²) in [5, 5.41) is 2.89. The summed E-state index contributed by atoms with van der Waals surface area (Å²) in [7, 11) is -3.68. The van der Waals surface area contributed by atoms with Gasteiger partial charge in [-0.05, 0) is 68.7 Å². The number of carbonyl (C=O) groups excluding carboxylic acids is 1. The minimum atomic E-state index is -3.68. The van der Waals surface area contributed by atoms with Crippen LogP contribution in [-0.2, 0) is 14.8 Å². The first kappa shape index (κ1) is 21.8. The molecule has 0 heterocycles. The van der Waals surface area contributed by atoms with E-state index in [4.69, 9.17) is 4.74 Å². The average molecular weight is 405 g/mol. The standard InChI is InChI=1S/C21H28N2O4S/c1-6-20(21(24)22-19-14-15(3)8-9-16(19)4)23(28(5,25)26)17-10-12-18(13-11-17)27-7-2/h8-14,20H,6-7H2,1-5H3,(H,22,24)/t20-/m1/s1. The highest BCUT2D eigenvalue weighted by atomic mass is 32.2. The summed E-state index contributed by atoms with van der Waals surface area (Å²) in [5.74, 6) is 0.281. The maximum atomic E-state index is 13.0. The highest BCUT2D eigenvalue weighted by molar-refractivity contribution is 7.92. The van der Waals surface area contributed by atoms with Gasteiger partial charge >= 0.3 is 0 Å². The summed E-state index contributed by atoms with van der Waals surface area (Å²) in [6.45, 7) is 8.03. The number of hydrogen-bond donors (Lipinski definition) is 1. The number of hydrogen-bond acceptors (Lipinski definition) is 4. The van der Waals surface area contributed by atoms with Gasteiger partial charge in [0.1, 0.15) is 11.8 Å². The van der Waals surface area contributed by atoms with Crippen LogP contribution in [0.15, 0.2) is 42.5 Å². The molecule has 152 valence electrons. The second-order valence-corrected chi connectivity index (χ2v) is 8.58. The number of rotatable bonds is 8. The Morgan fingerprint density at radius 3 is 2.29 bits per heavy atom. The summed E-state index contributed by atoms with van der Waals surface area (Å²) in [6, 6.07) is 11.6. The largest absolute Gasteiger partial charge is 0.494 e. The van der Waals surface area contributed by atoms with E-state index in [0.717, 1.165) is 17.4 Å². The van der Waals surface area contributed by atoms with Crippen LogP contribution in [0.25, 0.3) is 0 Å². The number of nitrogens with zero attached hydrogens (tertiary/aromatic N) is 1. The van der Waals surface area contributed by atoms with Crippen molar-refractivity contribution in [3.05, 3.63) is 53.6 Å². The molecule has 0 aliphatic carbocycles. The van der Waals surface area contributed by atoms with Crippen LogP contribution in [0, 0.1) is 13.8 Å². The van der Waals surface area contributed by atoms with Crippen LogP contribution in [0.1, 0.15) is 31.4 Å². The van der Waals surface area contributed by atoms with Crippen molar-refractivity contribution in [2.75, 3.05) is 22.5 Å². The lowest BCUT2D eigenvalue weighted by Gasteiger charge is -2.30. The molecule has 2 aromatic carbocycles. The fourth-order valence-electron chi connectivity index (χ4n) is 3.00. The van der Waals surface area contributed by atoms with Crippen LogP contribution in [0.5, 0.6) is 5.75 Å². The highest BCUT2D eigenvalue weighted by Gasteiger charge is 2.31. The van der Waals surface area contributed by atoms with E-state index in [1.165, 1.54) is 4.31 Å². The number of aryl methyl sites for hydroxylation is 2. The van der Waals surface area contributed by atoms with E-state index in [0.29, 0.717) is 30.2 Å². The third-order valence-electron chi connectivity index (χ3n) is 4.38. The van der Waals surface area contributed by atoms with Crippen LogP contribution in [0.2, 0.25) is 0 Å². The predicted octanol–water partition coefficient (Wildman–Crippen LogP) is 3.89. The first-order valence-corrected chi connectivity index (χ1v) is 11.1. The van der Waals surface area contributed by atoms with Crippen LogP contribution < -0.4 is 14.4 Å². The fraction of sp³-hybridized carbons (Fsp3) is 0.381. The third-order valence-corrected chi connectivity index (χ3v) is 5.56. The lowest BCUT2D eigenvalue weighted by atomic mass is 10.1. The van der Waals surface area contributed by atoms with Crippen LogP contribution in [-0.4, -0.2) is 33.2 Å². The molecule has 0 spiro atoms. The number of benzene rings is 2. The molecule has 0 saturated heterocycles. The Labute approximate surface area is 167 Å². The zero-order valence-electron chi connectivity index (χ0n) is 17.0. The summed E-state index contributed by atoms with van der Waals surface area (Å²) in [4.78, 5) is 13.0. The molecule has 6 nitrogen and oxygen atoms in total. The Balaban J connectivity index is 2.37. The van der Waals surface area contributed by atoms with Gasteiger partial charge in [0.15, 0.2) is 0 Å². The van der Waals surface area contributed by atoms with Crippen molar-refractivity contribution >= 4 is 27.3 Å². The predicted molar refractivity (Wildman–Crippen MR) is 114 cm³/mol. The summed E-state index contributed by atoms with van der Waals surface area (Å²) in [5.41, 5.74) is 3.04. The van der Waals surface area contributed by atoms with Crippen LogP contribution in [0.3, 0.4) is 0 Å². The van der Waals surface area contributed by atoms with Gasteiger partial charge in [-0.25, -0.2) is 8.42 Å². The Morgan fingerprint density at radius 1 is 1.11 bits per heavy atom. The smallest absolute Gasteiger partial charge is 0.248 e. The molecule has 28 heavy (non-hydrogen) atoms. The van der Waals surface area contributed by atoms with Crippen molar-refractivity contribution in [1.29, 1.82) is 0 Å². The van der Waals surface area contributed by atoms with E-state index in [9.17, 15) is 13.2 Å². The minimum absolute atomic E-state index is 0.330. The molecule has 7 heteroatoms. The zero-order chi connectivity index (χ0) is 20.9. The lowest BCUT2D eigenvalue weighted by molar-refractivity contribution is -0.117. The quantitative estimate of drug-likeness (QED) is 0.724. The molecular weight excluding hydrogens is 376 g/mol. The van der Waals surface area contributed by atoms with Gasteiger partial charge in [-0.15, -0.1) is 0 Å². The summed E-state index contributed by atoms with van der Waals surface area (Å²) in [6.07, 6.45) is 1.44.